The molecule has 2 aromatic carbocycles. The van der Waals surface area contributed by atoms with Crippen molar-refractivity contribution in [3.63, 3.8) is 0 Å². The summed E-state index contributed by atoms with van der Waals surface area (Å²) in [5.41, 5.74) is 7.06. The van der Waals surface area contributed by atoms with E-state index >= 15 is 0 Å². The molecule has 2 rings (SSSR count). The van der Waals surface area contributed by atoms with E-state index in [1.165, 1.54) is 12.1 Å². The van der Waals surface area contributed by atoms with Gasteiger partial charge in [0.1, 0.15) is 5.84 Å². The van der Waals surface area contributed by atoms with Crippen molar-refractivity contribution >= 4 is 21.5 Å². The van der Waals surface area contributed by atoms with Crippen LogP contribution < -0.4 is 10.5 Å². The van der Waals surface area contributed by atoms with E-state index in [-0.39, 0.29) is 10.7 Å². The standard InChI is InChI=1S/C14H15N3O2S/c1-10-6-8-11(9-7-10)20(18,19)17-13-5-3-2-4-12(13)14(15)16/h2-9,17H,1H3,(H3,15,16). The zero-order valence-electron chi connectivity index (χ0n) is 10.9. The molecule has 20 heavy (non-hydrogen) atoms. The van der Waals surface area contributed by atoms with Crippen LogP contribution in [0.15, 0.2) is 53.4 Å². The fraction of sp³-hybridized carbons (Fsp3) is 0.0714. The summed E-state index contributed by atoms with van der Waals surface area (Å²) >= 11 is 0. The fourth-order valence-electron chi connectivity index (χ4n) is 1.73. The average Bonchev–Trinajstić information content (AvgIpc) is 2.39. The zero-order chi connectivity index (χ0) is 14.8. The molecule has 0 atom stereocenters. The first-order chi connectivity index (χ1) is 9.40. The van der Waals surface area contributed by atoms with Crippen LogP contribution in [0.3, 0.4) is 0 Å². The number of para-hydroxylation sites is 1. The number of rotatable bonds is 4. The van der Waals surface area contributed by atoms with Crippen LogP contribution in [0, 0.1) is 12.3 Å². The van der Waals surface area contributed by atoms with Crippen LogP contribution in [0.4, 0.5) is 5.69 Å². The summed E-state index contributed by atoms with van der Waals surface area (Å²) in [5, 5.41) is 7.46. The molecule has 0 spiro atoms. The molecule has 104 valence electrons. The molecule has 0 aromatic heterocycles. The lowest BCUT2D eigenvalue weighted by Crippen LogP contribution is -2.18. The molecule has 0 amide bonds. The van der Waals surface area contributed by atoms with E-state index in [0.29, 0.717) is 11.3 Å². The van der Waals surface area contributed by atoms with Gasteiger partial charge in [0.15, 0.2) is 0 Å². The highest BCUT2D eigenvalue weighted by Gasteiger charge is 2.16. The van der Waals surface area contributed by atoms with Crippen LogP contribution in [0.2, 0.25) is 0 Å². The lowest BCUT2D eigenvalue weighted by Gasteiger charge is -2.11. The minimum Gasteiger partial charge on any atom is -0.384 e. The third-order valence-corrected chi connectivity index (χ3v) is 4.17. The van der Waals surface area contributed by atoms with E-state index in [4.69, 9.17) is 11.1 Å². The Hall–Kier alpha value is -2.34. The van der Waals surface area contributed by atoms with Crippen LogP contribution in [-0.2, 0) is 10.0 Å². The van der Waals surface area contributed by atoms with Crippen molar-refractivity contribution < 1.29 is 8.42 Å². The molecule has 0 heterocycles. The van der Waals surface area contributed by atoms with Gasteiger partial charge in [-0.25, -0.2) is 8.42 Å². The van der Waals surface area contributed by atoms with Gasteiger partial charge in [-0.05, 0) is 31.2 Å². The topological polar surface area (TPSA) is 96.0 Å². The molecule has 0 aliphatic heterocycles. The summed E-state index contributed by atoms with van der Waals surface area (Å²) in [4.78, 5) is 0.168. The number of anilines is 1. The van der Waals surface area contributed by atoms with E-state index < -0.39 is 10.0 Å². The Morgan fingerprint density at radius 3 is 2.30 bits per heavy atom. The Morgan fingerprint density at radius 2 is 1.70 bits per heavy atom. The van der Waals surface area contributed by atoms with E-state index in [0.717, 1.165) is 5.56 Å². The maximum absolute atomic E-state index is 12.3. The summed E-state index contributed by atoms with van der Waals surface area (Å²) < 4.78 is 27.0. The van der Waals surface area contributed by atoms with Crippen LogP contribution in [0.1, 0.15) is 11.1 Å². The first kappa shape index (κ1) is 14.1. The second-order valence-electron chi connectivity index (χ2n) is 4.38. The number of sulfonamides is 1. The van der Waals surface area contributed by atoms with Crippen molar-refractivity contribution in [2.45, 2.75) is 11.8 Å². The highest BCUT2D eigenvalue weighted by atomic mass is 32.2. The largest absolute Gasteiger partial charge is 0.384 e. The minimum atomic E-state index is -3.69. The molecule has 0 radical (unpaired) electrons. The average molecular weight is 289 g/mol. The number of nitrogen functional groups attached to an aromatic ring is 1. The first-order valence-corrected chi connectivity index (χ1v) is 7.41. The van der Waals surface area contributed by atoms with Gasteiger partial charge < -0.3 is 5.73 Å². The second kappa shape index (κ2) is 5.34. The number of benzene rings is 2. The highest BCUT2D eigenvalue weighted by molar-refractivity contribution is 7.92. The highest BCUT2D eigenvalue weighted by Crippen LogP contribution is 2.19. The molecular weight excluding hydrogens is 274 g/mol. The molecular formula is C14H15N3O2S. The summed E-state index contributed by atoms with van der Waals surface area (Å²) in [5.74, 6) is -0.188. The summed E-state index contributed by atoms with van der Waals surface area (Å²) in [7, 11) is -3.69. The number of nitrogens with one attached hydrogen (secondary N) is 2. The predicted octanol–water partition coefficient (Wildman–Crippen LogP) is 2.08. The predicted molar refractivity (Wildman–Crippen MR) is 79.4 cm³/mol. The third-order valence-electron chi connectivity index (χ3n) is 2.79. The number of aryl methyl sites for hydroxylation is 1. The second-order valence-corrected chi connectivity index (χ2v) is 6.06. The van der Waals surface area contributed by atoms with E-state index in [1.807, 2.05) is 6.92 Å². The summed E-state index contributed by atoms with van der Waals surface area (Å²) in [6, 6.07) is 13.1. The molecule has 0 saturated carbocycles. The molecule has 0 fully saturated rings. The Balaban J connectivity index is 2.38. The van der Waals surface area contributed by atoms with Crippen LogP contribution in [0.5, 0.6) is 0 Å². The molecule has 5 nitrogen and oxygen atoms in total. The van der Waals surface area contributed by atoms with Gasteiger partial charge in [0.2, 0.25) is 0 Å². The summed E-state index contributed by atoms with van der Waals surface area (Å²) in [6.45, 7) is 1.88. The minimum absolute atomic E-state index is 0.168. The monoisotopic (exact) mass is 289 g/mol. The van der Waals surface area contributed by atoms with Gasteiger partial charge in [0, 0.05) is 5.56 Å². The van der Waals surface area contributed by atoms with Crippen LogP contribution >= 0.6 is 0 Å². The number of hydrogen-bond donors (Lipinski definition) is 3. The molecule has 0 saturated heterocycles. The number of amidine groups is 1. The van der Waals surface area contributed by atoms with Gasteiger partial charge >= 0.3 is 0 Å². The fourth-order valence-corrected chi connectivity index (χ4v) is 2.81. The molecule has 2 aromatic rings. The van der Waals surface area contributed by atoms with Crippen LogP contribution in [0.25, 0.3) is 0 Å². The normalized spacial score (nSPS) is 11.1. The van der Waals surface area contributed by atoms with Crippen molar-refractivity contribution in [3.05, 3.63) is 59.7 Å². The maximum atomic E-state index is 12.3. The van der Waals surface area contributed by atoms with Crippen molar-refractivity contribution in [1.29, 1.82) is 5.41 Å². The molecule has 0 aliphatic rings. The maximum Gasteiger partial charge on any atom is 0.261 e. The van der Waals surface area contributed by atoms with Gasteiger partial charge in [0.05, 0.1) is 10.6 Å². The quantitative estimate of drug-likeness (QED) is 0.594. The Labute approximate surface area is 118 Å². The van der Waals surface area contributed by atoms with E-state index in [2.05, 4.69) is 4.72 Å². The van der Waals surface area contributed by atoms with E-state index in [1.54, 1.807) is 36.4 Å². The van der Waals surface area contributed by atoms with E-state index in [9.17, 15) is 8.42 Å². The van der Waals surface area contributed by atoms with Crippen molar-refractivity contribution in [2.24, 2.45) is 5.73 Å². The molecule has 4 N–H and O–H groups in total. The van der Waals surface area contributed by atoms with Crippen molar-refractivity contribution in [1.82, 2.24) is 0 Å². The van der Waals surface area contributed by atoms with Gasteiger partial charge in [-0.1, -0.05) is 29.8 Å². The third kappa shape index (κ3) is 2.97. The number of hydrogen-bond acceptors (Lipinski definition) is 3. The zero-order valence-corrected chi connectivity index (χ0v) is 11.7. The lowest BCUT2D eigenvalue weighted by atomic mass is 10.2. The van der Waals surface area contributed by atoms with Gasteiger partial charge in [0.25, 0.3) is 10.0 Å². The van der Waals surface area contributed by atoms with Gasteiger partial charge in [-0.3, -0.25) is 10.1 Å². The Bertz CT molecular complexity index is 737. The molecule has 0 aliphatic carbocycles. The Morgan fingerprint density at radius 1 is 1.10 bits per heavy atom. The molecule has 0 unspecified atom stereocenters. The summed E-state index contributed by atoms with van der Waals surface area (Å²) in [6.07, 6.45) is 0. The van der Waals surface area contributed by atoms with Crippen molar-refractivity contribution in [2.75, 3.05) is 4.72 Å². The molecule has 0 bridgehead atoms. The van der Waals surface area contributed by atoms with Gasteiger partial charge in [-0.2, -0.15) is 0 Å². The molecule has 6 heteroatoms. The SMILES string of the molecule is Cc1ccc(S(=O)(=O)Nc2ccccc2C(=N)N)cc1. The Kier molecular flexibility index (Phi) is 3.76. The van der Waals surface area contributed by atoms with Gasteiger partial charge in [-0.15, -0.1) is 0 Å². The first-order valence-electron chi connectivity index (χ1n) is 5.93. The van der Waals surface area contributed by atoms with Crippen molar-refractivity contribution in [3.8, 4) is 0 Å². The smallest absolute Gasteiger partial charge is 0.261 e. The van der Waals surface area contributed by atoms with Crippen LogP contribution in [-0.4, -0.2) is 14.3 Å². The number of nitrogens with two attached hydrogens (primary N) is 1. The lowest BCUT2D eigenvalue weighted by molar-refractivity contribution is 0.601.